The molecule has 2 aliphatic heterocycles. The van der Waals surface area contributed by atoms with Gasteiger partial charge in [-0.1, -0.05) is 35.9 Å². The molecule has 2 aromatic rings. The first-order valence-electron chi connectivity index (χ1n) is 12.2. The number of hydrogen-bond acceptors (Lipinski definition) is 3. The van der Waals surface area contributed by atoms with Crippen molar-refractivity contribution in [3.8, 4) is 0 Å². The molecule has 0 N–H and O–H groups in total. The predicted octanol–water partition coefficient (Wildman–Crippen LogP) is 4.70. The van der Waals surface area contributed by atoms with E-state index in [1.807, 2.05) is 31.3 Å². The number of benzene rings is 2. The van der Waals surface area contributed by atoms with Gasteiger partial charge < -0.3 is 14.7 Å². The molecule has 1 atom stereocenters. The second-order valence-electron chi connectivity index (χ2n) is 9.48. The van der Waals surface area contributed by atoms with Crippen molar-refractivity contribution in [1.29, 1.82) is 0 Å². The van der Waals surface area contributed by atoms with Crippen molar-refractivity contribution < 1.29 is 14.0 Å². The molecular weight excluding hydrogens is 453 g/mol. The molecule has 2 saturated heterocycles. The summed E-state index contributed by atoms with van der Waals surface area (Å²) in [5.41, 5.74) is 1.85. The van der Waals surface area contributed by atoms with Gasteiger partial charge in [0.25, 0.3) is 0 Å². The second kappa shape index (κ2) is 11.3. The third kappa shape index (κ3) is 6.16. The average molecular weight is 486 g/mol. The van der Waals surface area contributed by atoms with Crippen LogP contribution in [0.3, 0.4) is 0 Å². The molecule has 0 aromatic heterocycles. The first kappa shape index (κ1) is 24.7. The Kier molecular flexibility index (Phi) is 8.22. The Balaban J connectivity index is 1.38. The summed E-state index contributed by atoms with van der Waals surface area (Å²) in [6.45, 7) is 4.04. The van der Waals surface area contributed by atoms with E-state index in [1.165, 1.54) is 12.1 Å². The summed E-state index contributed by atoms with van der Waals surface area (Å²) < 4.78 is 13.6. The summed E-state index contributed by atoms with van der Waals surface area (Å²) in [6, 6.07) is 14.1. The van der Waals surface area contributed by atoms with Crippen LogP contribution >= 0.6 is 11.6 Å². The first-order chi connectivity index (χ1) is 16.4. The molecule has 5 nitrogen and oxygen atoms in total. The summed E-state index contributed by atoms with van der Waals surface area (Å²) in [7, 11) is 1.81. The molecule has 1 unspecified atom stereocenters. The van der Waals surface area contributed by atoms with Gasteiger partial charge in [0.15, 0.2) is 0 Å². The molecule has 0 aliphatic carbocycles. The second-order valence-corrected chi connectivity index (χ2v) is 9.91. The number of carbonyl (C=O) groups is 2. The van der Waals surface area contributed by atoms with Gasteiger partial charge in [-0.15, -0.1) is 0 Å². The van der Waals surface area contributed by atoms with Gasteiger partial charge in [0, 0.05) is 50.7 Å². The summed E-state index contributed by atoms with van der Waals surface area (Å²) in [6.07, 6.45) is 4.30. The summed E-state index contributed by atoms with van der Waals surface area (Å²) in [5.74, 6) is -0.318. The zero-order valence-corrected chi connectivity index (χ0v) is 20.5. The Morgan fingerprint density at radius 1 is 1.09 bits per heavy atom. The summed E-state index contributed by atoms with van der Waals surface area (Å²) in [5, 5.41) is 0.666. The monoisotopic (exact) mass is 485 g/mol. The topological polar surface area (TPSA) is 43.9 Å². The Morgan fingerprint density at radius 2 is 1.76 bits per heavy atom. The van der Waals surface area contributed by atoms with E-state index in [0.717, 1.165) is 56.6 Å². The van der Waals surface area contributed by atoms with Crippen molar-refractivity contribution in [1.82, 2.24) is 14.7 Å². The maximum atomic E-state index is 13.6. The number of hydrogen-bond donors (Lipinski definition) is 0. The Labute approximate surface area is 206 Å². The molecule has 2 aromatic carbocycles. The van der Waals surface area contributed by atoms with Crippen molar-refractivity contribution in [2.24, 2.45) is 0 Å². The van der Waals surface area contributed by atoms with Gasteiger partial charge >= 0.3 is 0 Å². The van der Waals surface area contributed by atoms with Crippen LogP contribution < -0.4 is 0 Å². The zero-order valence-electron chi connectivity index (χ0n) is 19.8. The average Bonchev–Trinajstić information content (AvgIpc) is 3.27. The van der Waals surface area contributed by atoms with Crippen LogP contribution in [0, 0.1) is 5.82 Å². The minimum atomic E-state index is -0.337. The van der Waals surface area contributed by atoms with Crippen LogP contribution in [0.5, 0.6) is 0 Å². The van der Waals surface area contributed by atoms with Gasteiger partial charge in [0.1, 0.15) is 5.82 Å². The van der Waals surface area contributed by atoms with Crippen LogP contribution in [0.2, 0.25) is 5.02 Å². The standard InChI is InChI=1S/C27H33ClFN3O2/c1-30(19-20-4-8-22(28)9-5-20)27(34)25(21-6-10-23(29)11-7-21)14-18-31-16-12-24(13-17-31)32-15-2-3-26(32)33/h4-11,24-25H,2-3,12-19H2,1H3. The fraction of sp³-hybridized carbons (Fsp3) is 0.481. The maximum Gasteiger partial charge on any atom is 0.230 e. The SMILES string of the molecule is CN(Cc1ccc(Cl)cc1)C(=O)C(CCN1CCC(N2CCCC2=O)CC1)c1ccc(F)cc1. The molecule has 2 amide bonds. The van der Waals surface area contributed by atoms with Crippen LogP contribution in [-0.4, -0.2) is 65.8 Å². The number of piperidine rings is 1. The molecule has 2 fully saturated rings. The zero-order chi connectivity index (χ0) is 24.1. The number of carbonyl (C=O) groups excluding carboxylic acids is 2. The fourth-order valence-electron chi connectivity index (χ4n) is 5.16. The molecule has 7 heteroatoms. The van der Waals surface area contributed by atoms with E-state index >= 15 is 0 Å². The van der Waals surface area contributed by atoms with E-state index in [0.29, 0.717) is 36.4 Å². The maximum absolute atomic E-state index is 13.6. The van der Waals surface area contributed by atoms with Crippen molar-refractivity contribution in [3.05, 3.63) is 70.5 Å². The highest BCUT2D eigenvalue weighted by molar-refractivity contribution is 6.30. The molecule has 182 valence electrons. The van der Waals surface area contributed by atoms with E-state index in [4.69, 9.17) is 11.6 Å². The molecule has 0 radical (unpaired) electrons. The predicted molar refractivity (Wildman–Crippen MR) is 132 cm³/mol. The quantitative estimate of drug-likeness (QED) is 0.544. The molecule has 2 aliphatic rings. The lowest BCUT2D eigenvalue weighted by molar-refractivity contribution is -0.133. The Morgan fingerprint density at radius 3 is 2.38 bits per heavy atom. The van der Waals surface area contributed by atoms with Crippen LogP contribution in [0.4, 0.5) is 4.39 Å². The third-order valence-electron chi connectivity index (χ3n) is 7.12. The van der Waals surface area contributed by atoms with Gasteiger partial charge in [-0.3, -0.25) is 9.59 Å². The molecule has 0 bridgehead atoms. The van der Waals surface area contributed by atoms with Gasteiger partial charge in [-0.2, -0.15) is 0 Å². The molecule has 34 heavy (non-hydrogen) atoms. The minimum Gasteiger partial charge on any atom is -0.341 e. The molecular formula is C27H33ClFN3O2. The first-order valence-corrected chi connectivity index (χ1v) is 12.5. The lowest BCUT2D eigenvalue weighted by Gasteiger charge is -2.37. The minimum absolute atomic E-state index is 0.0270. The third-order valence-corrected chi connectivity index (χ3v) is 7.37. The van der Waals surface area contributed by atoms with Gasteiger partial charge in [0.2, 0.25) is 11.8 Å². The van der Waals surface area contributed by atoms with E-state index in [2.05, 4.69) is 9.80 Å². The molecule has 0 spiro atoms. The highest BCUT2D eigenvalue weighted by atomic mass is 35.5. The van der Waals surface area contributed by atoms with Gasteiger partial charge in [-0.25, -0.2) is 4.39 Å². The highest BCUT2D eigenvalue weighted by Crippen LogP contribution is 2.26. The molecule has 2 heterocycles. The number of likely N-dealkylation sites (N-methyl/N-ethyl adjacent to an activating group) is 1. The Bertz CT molecular complexity index is 974. The lowest BCUT2D eigenvalue weighted by atomic mass is 9.93. The number of rotatable bonds is 8. The van der Waals surface area contributed by atoms with Crippen molar-refractivity contribution in [2.75, 3.05) is 33.2 Å². The number of nitrogens with zero attached hydrogens (tertiary/aromatic N) is 3. The molecule has 4 rings (SSSR count). The summed E-state index contributed by atoms with van der Waals surface area (Å²) in [4.78, 5) is 31.7. The van der Waals surface area contributed by atoms with Crippen molar-refractivity contribution in [2.45, 2.75) is 50.6 Å². The van der Waals surface area contributed by atoms with E-state index in [1.54, 1.807) is 17.0 Å². The van der Waals surface area contributed by atoms with Crippen LogP contribution in [0.15, 0.2) is 48.5 Å². The number of halogens is 2. The van der Waals surface area contributed by atoms with Crippen LogP contribution in [0.1, 0.15) is 49.1 Å². The summed E-state index contributed by atoms with van der Waals surface area (Å²) >= 11 is 5.99. The van der Waals surface area contributed by atoms with E-state index in [-0.39, 0.29) is 17.6 Å². The van der Waals surface area contributed by atoms with Crippen LogP contribution in [0.25, 0.3) is 0 Å². The number of amides is 2. The van der Waals surface area contributed by atoms with E-state index < -0.39 is 0 Å². The number of likely N-dealkylation sites (tertiary alicyclic amines) is 2. The Hall–Kier alpha value is -2.44. The van der Waals surface area contributed by atoms with E-state index in [9.17, 15) is 14.0 Å². The molecule has 0 saturated carbocycles. The fourth-order valence-corrected chi connectivity index (χ4v) is 5.28. The van der Waals surface area contributed by atoms with Crippen LogP contribution in [-0.2, 0) is 16.1 Å². The smallest absolute Gasteiger partial charge is 0.230 e. The van der Waals surface area contributed by atoms with Crippen molar-refractivity contribution in [3.63, 3.8) is 0 Å². The normalized spacial score (nSPS) is 18.3. The van der Waals surface area contributed by atoms with Gasteiger partial charge in [0.05, 0.1) is 5.92 Å². The highest BCUT2D eigenvalue weighted by Gasteiger charge is 2.31. The lowest BCUT2D eigenvalue weighted by Crippen LogP contribution is -2.46. The van der Waals surface area contributed by atoms with Crippen molar-refractivity contribution >= 4 is 23.4 Å². The largest absolute Gasteiger partial charge is 0.341 e. The van der Waals surface area contributed by atoms with Gasteiger partial charge in [-0.05, 0) is 67.6 Å².